The molecule has 0 aromatic heterocycles. The first-order valence-corrected chi connectivity index (χ1v) is 7.77. The monoisotopic (exact) mass is 356 g/mol. The number of hydrogen-bond donors (Lipinski definition) is 4. The number of nitrogens with one attached hydrogen (secondary N) is 2. The molecular weight excluding hydrogens is 336 g/mol. The first-order chi connectivity index (χ1) is 12.4. The van der Waals surface area contributed by atoms with Crippen molar-refractivity contribution >= 4 is 23.4 Å². The van der Waals surface area contributed by atoms with Gasteiger partial charge < -0.3 is 16.0 Å². The van der Waals surface area contributed by atoms with Gasteiger partial charge in [0.2, 0.25) is 0 Å². The van der Waals surface area contributed by atoms with E-state index in [-0.39, 0.29) is 0 Å². The van der Waals surface area contributed by atoms with Gasteiger partial charge in [-0.3, -0.25) is 19.6 Å². The second-order valence-corrected chi connectivity index (χ2v) is 5.61. The number of hydroxylamine groups is 1. The maximum Gasteiger partial charge on any atom is 0.275 e. The molecule has 0 aliphatic rings. The smallest absolute Gasteiger partial charge is 0.275 e. The summed E-state index contributed by atoms with van der Waals surface area (Å²) in [5.74, 6) is -2.25. The fourth-order valence-corrected chi connectivity index (χ4v) is 2.47. The van der Waals surface area contributed by atoms with E-state index in [0.29, 0.717) is 11.3 Å². The van der Waals surface area contributed by atoms with Gasteiger partial charge in [-0.25, -0.2) is 5.48 Å². The molecule has 2 aromatic rings. The Balaban J connectivity index is 2.24. The third-order valence-electron chi connectivity index (χ3n) is 3.94. The molecule has 2 aromatic carbocycles. The largest absolute Gasteiger partial charge is 0.399 e. The number of benzene rings is 2. The number of nitrogens with zero attached hydrogens (tertiary/aromatic N) is 1. The second-order valence-electron chi connectivity index (χ2n) is 5.61. The summed E-state index contributed by atoms with van der Waals surface area (Å²) in [6.45, 7) is 0. The number of rotatable bonds is 5. The lowest BCUT2D eigenvalue weighted by molar-refractivity contribution is -0.140. The van der Waals surface area contributed by atoms with Crippen LogP contribution in [0.4, 0.5) is 5.69 Å². The summed E-state index contributed by atoms with van der Waals surface area (Å²) in [6.07, 6.45) is 0. The van der Waals surface area contributed by atoms with Gasteiger partial charge in [-0.05, 0) is 35.4 Å². The van der Waals surface area contributed by atoms with Crippen LogP contribution in [0.25, 0.3) is 11.1 Å². The van der Waals surface area contributed by atoms with Crippen LogP contribution in [0.2, 0.25) is 0 Å². The first kappa shape index (κ1) is 18.9. The van der Waals surface area contributed by atoms with Crippen LogP contribution in [0.5, 0.6) is 0 Å². The van der Waals surface area contributed by atoms with E-state index in [2.05, 4.69) is 5.32 Å². The van der Waals surface area contributed by atoms with Crippen LogP contribution in [0.3, 0.4) is 0 Å². The maximum absolute atomic E-state index is 12.6. The maximum atomic E-state index is 12.6. The number of hydrogen-bond acceptors (Lipinski definition) is 5. The van der Waals surface area contributed by atoms with E-state index >= 15 is 0 Å². The Hall–Kier alpha value is -3.39. The SMILES string of the molecule is CNC(=O)C(C(=O)NO)N(C)C(=O)c1ccc(-c2ccc(N)cc2)cc1. The molecular formula is C18H20N4O4. The minimum atomic E-state index is -1.49. The number of nitrogen functional groups attached to an aromatic ring is 1. The van der Waals surface area contributed by atoms with Crippen molar-refractivity contribution in [2.24, 2.45) is 0 Å². The van der Waals surface area contributed by atoms with Crippen molar-refractivity contribution in [1.29, 1.82) is 0 Å². The zero-order valence-electron chi connectivity index (χ0n) is 14.4. The number of amides is 3. The molecule has 0 radical (unpaired) electrons. The highest BCUT2D eigenvalue weighted by Crippen LogP contribution is 2.21. The number of nitrogens with two attached hydrogens (primary N) is 1. The number of anilines is 1. The summed E-state index contributed by atoms with van der Waals surface area (Å²) in [5, 5.41) is 11.1. The van der Waals surface area contributed by atoms with Crippen LogP contribution in [0.1, 0.15) is 10.4 Å². The lowest BCUT2D eigenvalue weighted by Crippen LogP contribution is -2.54. The van der Waals surface area contributed by atoms with Gasteiger partial charge in [0.1, 0.15) is 0 Å². The highest BCUT2D eigenvalue weighted by atomic mass is 16.5. The van der Waals surface area contributed by atoms with Crippen LogP contribution in [0, 0.1) is 0 Å². The molecule has 26 heavy (non-hydrogen) atoms. The highest BCUT2D eigenvalue weighted by molar-refractivity contribution is 6.08. The molecule has 3 amide bonds. The summed E-state index contributed by atoms with van der Waals surface area (Å²) in [5.41, 5.74) is 9.85. The average Bonchev–Trinajstić information content (AvgIpc) is 2.67. The van der Waals surface area contributed by atoms with E-state index in [0.717, 1.165) is 16.0 Å². The number of likely N-dealkylation sites (N-methyl/N-ethyl adjacent to an activating group) is 2. The van der Waals surface area contributed by atoms with Gasteiger partial charge in [-0.15, -0.1) is 0 Å². The zero-order valence-corrected chi connectivity index (χ0v) is 14.4. The molecule has 5 N–H and O–H groups in total. The van der Waals surface area contributed by atoms with E-state index in [1.165, 1.54) is 19.6 Å². The molecule has 0 saturated carbocycles. The molecule has 0 spiro atoms. The van der Waals surface area contributed by atoms with Crippen molar-refractivity contribution in [3.05, 3.63) is 54.1 Å². The number of carbonyl (C=O) groups is 3. The molecule has 0 fully saturated rings. The fourth-order valence-electron chi connectivity index (χ4n) is 2.47. The Bertz CT molecular complexity index is 787. The van der Waals surface area contributed by atoms with Crippen molar-refractivity contribution in [2.45, 2.75) is 6.04 Å². The van der Waals surface area contributed by atoms with Gasteiger partial charge in [-0.1, -0.05) is 24.3 Å². The lowest BCUT2D eigenvalue weighted by Gasteiger charge is -2.25. The van der Waals surface area contributed by atoms with Gasteiger partial charge >= 0.3 is 0 Å². The van der Waals surface area contributed by atoms with E-state index < -0.39 is 23.8 Å². The molecule has 136 valence electrons. The molecule has 0 heterocycles. The van der Waals surface area contributed by atoms with E-state index in [4.69, 9.17) is 10.9 Å². The highest BCUT2D eigenvalue weighted by Gasteiger charge is 2.33. The summed E-state index contributed by atoms with van der Waals surface area (Å²) in [6, 6.07) is 12.5. The second kappa shape index (κ2) is 8.13. The fraction of sp³-hybridized carbons (Fsp3) is 0.167. The number of carbonyl (C=O) groups excluding carboxylic acids is 3. The normalized spacial score (nSPS) is 11.3. The summed E-state index contributed by atoms with van der Waals surface area (Å²) in [7, 11) is 2.64. The van der Waals surface area contributed by atoms with Crippen LogP contribution in [0.15, 0.2) is 48.5 Å². The van der Waals surface area contributed by atoms with E-state index in [1.807, 2.05) is 12.1 Å². The Morgan fingerprint density at radius 2 is 1.46 bits per heavy atom. The topological polar surface area (TPSA) is 125 Å². The predicted octanol–water partition coefficient (Wildman–Crippen LogP) is 0.628. The standard InChI is InChI=1S/C18H20N4O4/c1-20-16(23)15(17(24)21-26)22(2)18(25)13-5-3-11(4-6-13)12-7-9-14(19)10-8-12/h3-10,15,26H,19H2,1-2H3,(H,20,23)(H,21,24). The molecule has 1 atom stereocenters. The molecule has 8 nitrogen and oxygen atoms in total. The Labute approximate surface area is 150 Å². The minimum Gasteiger partial charge on any atom is -0.399 e. The van der Waals surface area contributed by atoms with Gasteiger partial charge in [0.25, 0.3) is 17.7 Å². The van der Waals surface area contributed by atoms with Gasteiger partial charge in [0, 0.05) is 25.3 Å². The summed E-state index contributed by atoms with van der Waals surface area (Å²) in [4.78, 5) is 37.1. The lowest BCUT2D eigenvalue weighted by atomic mass is 10.0. The Morgan fingerprint density at radius 3 is 1.92 bits per heavy atom. The summed E-state index contributed by atoms with van der Waals surface area (Å²) >= 11 is 0. The van der Waals surface area contributed by atoms with Crippen LogP contribution in [-0.2, 0) is 9.59 Å². The van der Waals surface area contributed by atoms with Crippen LogP contribution in [-0.4, -0.2) is 48.0 Å². The van der Waals surface area contributed by atoms with Crippen LogP contribution < -0.4 is 16.5 Å². The first-order valence-electron chi connectivity index (χ1n) is 7.77. The molecule has 0 aliphatic heterocycles. The van der Waals surface area contributed by atoms with Gasteiger partial charge in [-0.2, -0.15) is 0 Å². The van der Waals surface area contributed by atoms with Gasteiger partial charge in [0.05, 0.1) is 0 Å². The summed E-state index contributed by atoms with van der Waals surface area (Å²) < 4.78 is 0. The predicted molar refractivity (Wildman–Crippen MR) is 96.2 cm³/mol. The zero-order chi connectivity index (χ0) is 19.3. The van der Waals surface area contributed by atoms with Crippen molar-refractivity contribution in [3.8, 4) is 11.1 Å². The molecule has 0 saturated heterocycles. The van der Waals surface area contributed by atoms with E-state index in [9.17, 15) is 14.4 Å². The molecule has 2 rings (SSSR count). The minimum absolute atomic E-state index is 0.298. The average molecular weight is 356 g/mol. The quantitative estimate of drug-likeness (QED) is 0.271. The molecule has 0 bridgehead atoms. The van der Waals surface area contributed by atoms with E-state index in [1.54, 1.807) is 36.4 Å². The van der Waals surface area contributed by atoms with Gasteiger partial charge in [0.15, 0.2) is 6.04 Å². The molecule has 0 aliphatic carbocycles. The van der Waals surface area contributed by atoms with Crippen molar-refractivity contribution < 1.29 is 19.6 Å². The van der Waals surface area contributed by atoms with Crippen LogP contribution >= 0.6 is 0 Å². The van der Waals surface area contributed by atoms with Crippen molar-refractivity contribution in [3.63, 3.8) is 0 Å². The molecule has 1 unspecified atom stereocenters. The third kappa shape index (κ3) is 3.98. The Morgan fingerprint density at radius 1 is 0.962 bits per heavy atom. The third-order valence-corrected chi connectivity index (χ3v) is 3.94. The van der Waals surface area contributed by atoms with Crippen molar-refractivity contribution in [1.82, 2.24) is 15.7 Å². The van der Waals surface area contributed by atoms with Crippen molar-refractivity contribution in [2.75, 3.05) is 19.8 Å². The Kier molecular flexibility index (Phi) is 5.92. The molecule has 8 heteroatoms.